The lowest BCUT2D eigenvalue weighted by Crippen LogP contribution is -1.97. The molecule has 0 fully saturated rings. The summed E-state index contributed by atoms with van der Waals surface area (Å²) in [5, 5.41) is 0. The summed E-state index contributed by atoms with van der Waals surface area (Å²) in [7, 11) is 0. The molecule has 1 heterocycles. The first-order valence-corrected chi connectivity index (χ1v) is 8.00. The molecule has 0 aliphatic rings. The third-order valence-corrected chi connectivity index (χ3v) is 4.56. The minimum absolute atomic E-state index is 0.133. The molecular formula is C15H16Br2O2. The van der Waals surface area contributed by atoms with Crippen LogP contribution in [0, 0.1) is 0 Å². The molecule has 0 amide bonds. The Hall–Kier alpha value is -0.740. The topological polar surface area (TPSA) is 22.4 Å². The molecule has 1 atom stereocenters. The highest BCUT2D eigenvalue weighted by Gasteiger charge is 2.17. The maximum atomic E-state index is 5.53. The Kier molecular flexibility index (Phi) is 5.11. The van der Waals surface area contributed by atoms with Crippen LogP contribution in [-0.4, -0.2) is 6.61 Å². The second-order valence-electron chi connectivity index (χ2n) is 4.14. The van der Waals surface area contributed by atoms with Gasteiger partial charge in [0.2, 0.25) is 0 Å². The first-order valence-electron chi connectivity index (χ1n) is 6.29. The third-order valence-electron chi connectivity index (χ3n) is 2.92. The molecule has 2 rings (SSSR count). The normalized spacial score (nSPS) is 12.4. The van der Waals surface area contributed by atoms with E-state index in [9.17, 15) is 0 Å². The Bertz CT molecular complexity index is 549. The number of aryl methyl sites for hydroxylation is 1. The molecule has 1 aromatic carbocycles. The zero-order chi connectivity index (χ0) is 13.8. The van der Waals surface area contributed by atoms with Crippen molar-refractivity contribution >= 4 is 31.9 Å². The quantitative estimate of drug-likeness (QED) is 0.633. The summed E-state index contributed by atoms with van der Waals surface area (Å²) in [5.41, 5.74) is 2.35. The molecule has 0 saturated carbocycles. The Labute approximate surface area is 130 Å². The van der Waals surface area contributed by atoms with E-state index in [-0.39, 0.29) is 4.83 Å². The highest BCUT2D eigenvalue weighted by Crippen LogP contribution is 2.37. The molecule has 0 radical (unpaired) electrons. The van der Waals surface area contributed by atoms with E-state index in [1.54, 1.807) is 6.26 Å². The van der Waals surface area contributed by atoms with Crippen molar-refractivity contribution in [2.75, 3.05) is 6.61 Å². The maximum absolute atomic E-state index is 5.53. The molecule has 4 heteroatoms. The van der Waals surface area contributed by atoms with Crippen molar-refractivity contribution in [3.05, 3.63) is 51.9 Å². The number of ether oxygens (including phenoxy) is 1. The third kappa shape index (κ3) is 3.23. The van der Waals surface area contributed by atoms with Crippen molar-refractivity contribution in [2.24, 2.45) is 0 Å². The lowest BCUT2D eigenvalue weighted by molar-refractivity contribution is 0.338. The molecule has 0 spiro atoms. The molecule has 0 saturated heterocycles. The van der Waals surface area contributed by atoms with Gasteiger partial charge in [-0.2, -0.15) is 0 Å². The minimum Gasteiger partial charge on any atom is -0.493 e. The number of hydrogen-bond acceptors (Lipinski definition) is 2. The monoisotopic (exact) mass is 386 g/mol. The molecule has 19 heavy (non-hydrogen) atoms. The number of rotatable bonds is 5. The summed E-state index contributed by atoms with van der Waals surface area (Å²) >= 11 is 7.29. The van der Waals surface area contributed by atoms with Gasteiger partial charge in [0.25, 0.3) is 0 Å². The Morgan fingerprint density at radius 3 is 2.68 bits per heavy atom. The number of furan rings is 1. The van der Waals surface area contributed by atoms with Gasteiger partial charge in [-0.3, -0.25) is 0 Å². The Balaban J connectivity index is 2.29. The van der Waals surface area contributed by atoms with E-state index in [1.165, 1.54) is 11.1 Å². The smallest absolute Gasteiger partial charge is 0.133 e. The highest BCUT2D eigenvalue weighted by molar-refractivity contribution is 9.10. The van der Waals surface area contributed by atoms with Crippen LogP contribution >= 0.6 is 31.9 Å². The molecule has 2 aromatic rings. The number of halogens is 2. The van der Waals surface area contributed by atoms with Gasteiger partial charge in [-0.15, -0.1) is 0 Å². The molecule has 0 aliphatic carbocycles. The van der Waals surface area contributed by atoms with Gasteiger partial charge >= 0.3 is 0 Å². The fraction of sp³-hybridized carbons (Fsp3) is 0.333. The number of hydrogen-bond donors (Lipinski definition) is 0. The Morgan fingerprint density at radius 1 is 1.26 bits per heavy atom. The summed E-state index contributed by atoms with van der Waals surface area (Å²) < 4.78 is 12.0. The van der Waals surface area contributed by atoms with Gasteiger partial charge in [0.15, 0.2) is 0 Å². The van der Waals surface area contributed by atoms with Crippen molar-refractivity contribution in [2.45, 2.75) is 25.1 Å². The maximum Gasteiger partial charge on any atom is 0.133 e. The minimum atomic E-state index is 0.133. The largest absolute Gasteiger partial charge is 0.493 e. The van der Waals surface area contributed by atoms with Crippen LogP contribution in [0.4, 0.5) is 0 Å². The van der Waals surface area contributed by atoms with Gasteiger partial charge in [0.1, 0.15) is 11.5 Å². The average molecular weight is 388 g/mol. The van der Waals surface area contributed by atoms with Crippen LogP contribution in [0.3, 0.4) is 0 Å². The lowest BCUT2D eigenvalue weighted by atomic mass is 10.0. The molecule has 0 bridgehead atoms. The van der Waals surface area contributed by atoms with Gasteiger partial charge in [-0.25, -0.2) is 0 Å². The number of benzene rings is 1. The predicted octanol–water partition coefficient (Wildman–Crippen LogP) is 5.49. The van der Waals surface area contributed by atoms with Gasteiger partial charge in [0.05, 0.1) is 22.2 Å². The predicted molar refractivity (Wildman–Crippen MR) is 84.2 cm³/mol. The Morgan fingerprint density at radius 2 is 2.05 bits per heavy atom. The number of alkyl halides is 1. The average Bonchev–Trinajstić information content (AvgIpc) is 2.88. The van der Waals surface area contributed by atoms with E-state index < -0.39 is 0 Å². The van der Waals surface area contributed by atoms with Gasteiger partial charge < -0.3 is 9.15 Å². The van der Waals surface area contributed by atoms with E-state index in [4.69, 9.17) is 9.15 Å². The van der Waals surface area contributed by atoms with Crippen LogP contribution in [0.5, 0.6) is 5.75 Å². The first-order chi connectivity index (χ1) is 9.17. The summed E-state index contributed by atoms with van der Waals surface area (Å²) in [6.07, 6.45) is 2.63. The van der Waals surface area contributed by atoms with Gasteiger partial charge in [0, 0.05) is 12.0 Å². The molecule has 1 aromatic heterocycles. The molecule has 1 unspecified atom stereocenters. The second-order valence-corrected chi connectivity index (χ2v) is 5.91. The molecule has 0 aliphatic heterocycles. The van der Waals surface area contributed by atoms with Crippen LogP contribution < -0.4 is 4.74 Å². The van der Waals surface area contributed by atoms with Crippen LogP contribution in [0.1, 0.15) is 35.6 Å². The van der Waals surface area contributed by atoms with Crippen molar-refractivity contribution in [3.8, 4) is 5.75 Å². The first kappa shape index (κ1) is 14.7. The van der Waals surface area contributed by atoms with Crippen molar-refractivity contribution in [3.63, 3.8) is 0 Å². The van der Waals surface area contributed by atoms with E-state index >= 15 is 0 Å². The zero-order valence-electron chi connectivity index (χ0n) is 11.0. The summed E-state index contributed by atoms with van der Waals surface area (Å²) in [6.45, 7) is 4.74. The molecular weight excluding hydrogens is 372 g/mol. The summed E-state index contributed by atoms with van der Waals surface area (Å²) in [6, 6.07) is 8.16. The SMILES string of the molecule is CCOc1ccc(C(Br)c2ccoc2CC)cc1Br. The standard InChI is InChI=1S/C15H16Br2O2/c1-3-13-11(7-8-19-13)15(17)10-5-6-14(18-4-2)12(16)9-10/h5-9,15H,3-4H2,1-2H3. The van der Waals surface area contributed by atoms with Crippen molar-refractivity contribution in [1.82, 2.24) is 0 Å². The van der Waals surface area contributed by atoms with E-state index in [0.717, 1.165) is 22.4 Å². The van der Waals surface area contributed by atoms with Gasteiger partial charge in [-0.05, 0) is 46.6 Å². The fourth-order valence-corrected chi connectivity index (χ4v) is 3.19. The van der Waals surface area contributed by atoms with E-state index in [0.29, 0.717) is 6.61 Å². The zero-order valence-corrected chi connectivity index (χ0v) is 14.1. The van der Waals surface area contributed by atoms with Crippen molar-refractivity contribution < 1.29 is 9.15 Å². The fourth-order valence-electron chi connectivity index (χ4n) is 1.99. The van der Waals surface area contributed by atoms with Gasteiger partial charge in [-0.1, -0.05) is 28.9 Å². The van der Waals surface area contributed by atoms with E-state index in [1.807, 2.05) is 19.1 Å². The van der Waals surface area contributed by atoms with Crippen LogP contribution in [0.2, 0.25) is 0 Å². The molecule has 0 N–H and O–H groups in total. The van der Waals surface area contributed by atoms with Crippen LogP contribution in [0.25, 0.3) is 0 Å². The summed E-state index contributed by atoms with van der Waals surface area (Å²) in [5.74, 6) is 1.89. The summed E-state index contributed by atoms with van der Waals surface area (Å²) in [4.78, 5) is 0.133. The molecule has 2 nitrogen and oxygen atoms in total. The van der Waals surface area contributed by atoms with Crippen LogP contribution in [-0.2, 0) is 6.42 Å². The lowest BCUT2D eigenvalue weighted by Gasteiger charge is -2.13. The van der Waals surface area contributed by atoms with Crippen molar-refractivity contribution in [1.29, 1.82) is 0 Å². The molecule has 102 valence electrons. The van der Waals surface area contributed by atoms with Crippen LogP contribution in [0.15, 0.2) is 39.4 Å². The second kappa shape index (κ2) is 6.62. The van der Waals surface area contributed by atoms with E-state index in [2.05, 4.69) is 50.9 Å². The highest BCUT2D eigenvalue weighted by atomic mass is 79.9.